The number of allylic oxidation sites excluding steroid dienone is 1. The second-order valence-corrected chi connectivity index (χ2v) is 4.69. The van der Waals surface area contributed by atoms with E-state index in [4.69, 9.17) is 0 Å². The number of nitrogens with zero attached hydrogens (tertiary/aromatic N) is 1. The minimum atomic E-state index is 0.844. The van der Waals surface area contributed by atoms with E-state index in [2.05, 4.69) is 60.1 Å². The van der Waals surface area contributed by atoms with Crippen molar-refractivity contribution in [3.63, 3.8) is 0 Å². The molecule has 2 aromatic rings. The van der Waals surface area contributed by atoms with Crippen LogP contribution in [0, 0.1) is 0 Å². The Kier molecular flexibility index (Phi) is 2.60. The first-order valence-corrected chi connectivity index (χ1v) is 6.16. The van der Waals surface area contributed by atoms with Crippen molar-refractivity contribution in [2.45, 2.75) is 13.3 Å². The maximum absolute atomic E-state index is 4.64. The van der Waals surface area contributed by atoms with Gasteiger partial charge in [-0.2, -0.15) is 0 Å². The molecule has 0 atom stereocenters. The van der Waals surface area contributed by atoms with Gasteiger partial charge in [0.05, 0.1) is 5.71 Å². The molecule has 88 valence electrons. The maximum atomic E-state index is 4.64. The van der Waals surface area contributed by atoms with Crippen LogP contribution in [0.3, 0.4) is 0 Å². The van der Waals surface area contributed by atoms with Gasteiger partial charge in [-0.3, -0.25) is 4.99 Å². The van der Waals surface area contributed by atoms with Crippen LogP contribution in [0.1, 0.15) is 29.2 Å². The highest BCUT2D eigenvalue weighted by atomic mass is 14.8. The fourth-order valence-electron chi connectivity index (χ4n) is 2.47. The van der Waals surface area contributed by atoms with Crippen LogP contribution in [0.4, 0.5) is 0 Å². The lowest BCUT2D eigenvalue weighted by Crippen LogP contribution is -2.15. The molecule has 18 heavy (non-hydrogen) atoms. The van der Waals surface area contributed by atoms with Gasteiger partial charge >= 0.3 is 0 Å². The summed E-state index contributed by atoms with van der Waals surface area (Å²) >= 11 is 0. The Morgan fingerprint density at radius 1 is 0.944 bits per heavy atom. The lowest BCUT2D eigenvalue weighted by atomic mass is 9.84. The van der Waals surface area contributed by atoms with Crippen molar-refractivity contribution < 1.29 is 0 Å². The number of rotatable bonds is 1. The van der Waals surface area contributed by atoms with Gasteiger partial charge < -0.3 is 0 Å². The van der Waals surface area contributed by atoms with E-state index in [1.54, 1.807) is 0 Å². The van der Waals surface area contributed by atoms with Gasteiger partial charge in [0, 0.05) is 16.8 Å². The molecule has 0 unspecified atom stereocenters. The predicted octanol–water partition coefficient (Wildman–Crippen LogP) is 3.96. The van der Waals surface area contributed by atoms with Gasteiger partial charge in [-0.1, -0.05) is 55.1 Å². The summed E-state index contributed by atoms with van der Waals surface area (Å²) in [5.41, 5.74) is 7.06. The van der Waals surface area contributed by atoms with Gasteiger partial charge in [0.1, 0.15) is 0 Å². The Balaban J connectivity index is 2.27. The summed E-state index contributed by atoms with van der Waals surface area (Å²) in [6.07, 6.45) is 0.988. The summed E-state index contributed by atoms with van der Waals surface area (Å²) in [5.74, 6) is 0. The van der Waals surface area contributed by atoms with Crippen LogP contribution in [-0.2, 0) is 6.42 Å². The Bertz CT molecular complexity index is 603. The molecule has 0 spiro atoms. The average Bonchev–Trinajstić information content (AvgIpc) is 2.38. The maximum Gasteiger partial charge on any atom is 0.0782 e. The van der Waals surface area contributed by atoms with Crippen molar-refractivity contribution >= 4 is 5.71 Å². The molecule has 2 aromatic carbocycles. The molecule has 1 nitrogen and oxygen atoms in total. The standard InChI is InChI=1S/C17H15N/c1-12(2)18-17-15-9-5-3-7-13(15)11-14-8-4-6-10-16(14)17/h3-10H,1,11H2,2H3. The molecule has 0 aromatic heterocycles. The SMILES string of the molecule is C=C(C)N=C1c2ccccc2Cc2ccccc21. The molecular weight excluding hydrogens is 218 g/mol. The molecule has 0 saturated heterocycles. The van der Waals surface area contributed by atoms with Crippen LogP contribution in [-0.4, -0.2) is 5.71 Å². The monoisotopic (exact) mass is 233 g/mol. The van der Waals surface area contributed by atoms with Gasteiger partial charge in [-0.05, 0) is 24.5 Å². The molecule has 0 aliphatic heterocycles. The summed E-state index contributed by atoms with van der Waals surface area (Å²) in [6.45, 7) is 5.84. The Labute approximate surface area is 108 Å². The minimum absolute atomic E-state index is 0.844. The van der Waals surface area contributed by atoms with E-state index in [0.29, 0.717) is 0 Å². The molecule has 1 aliphatic rings. The summed E-state index contributed by atoms with van der Waals surface area (Å²) in [5, 5.41) is 0. The summed E-state index contributed by atoms with van der Waals surface area (Å²) < 4.78 is 0. The molecule has 0 N–H and O–H groups in total. The van der Waals surface area contributed by atoms with Crippen LogP contribution in [0.2, 0.25) is 0 Å². The molecule has 0 radical (unpaired) electrons. The van der Waals surface area contributed by atoms with Gasteiger partial charge in [0.2, 0.25) is 0 Å². The predicted molar refractivity (Wildman–Crippen MR) is 76.1 cm³/mol. The third-order valence-corrected chi connectivity index (χ3v) is 3.23. The zero-order valence-electron chi connectivity index (χ0n) is 10.5. The van der Waals surface area contributed by atoms with Crippen molar-refractivity contribution in [3.8, 4) is 0 Å². The largest absolute Gasteiger partial charge is 0.253 e. The van der Waals surface area contributed by atoms with E-state index in [1.165, 1.54) is 22.3 Å². The second-order valence-electron chi connectivity index (χ2n) is 4.69. The van der Waals surface area contributed by atoms with Crippen molar-refractivity contribution in [1.82, 2.24) is 0 Å². The van der Waals surface area contributed by atoms with E-state index in [1.807, 2.05) is 6.92 Å². The molecule has 1 heteroatoms. The smallest absolute Gasteiger partial charge is 0.0782 e. The quantitative estimate of drug-likeness (QED) is 0.603. The molecule has 0 fully saturated rings. The number of aliphatic imine (C=N–C) groups is 1. The first kappa shape index (κ1) is 11.0. The van der Waals surface area contributed by atoms with Crippen molar-refractivity contribution in [2.75, 3.05) is 0 Å². The first-order chi connectivity index (χ1) is 8.75. The Hall–Kier alpha value is -2.15. The van der Waals surface area contributed by atoms with Crippen LogP contribution >= 0.6 is 0 Å². The van der Waals surface area contributed by atoms with Gasteiger partial charge in [0.25, 0.3) is 0 Å². The van der Waals surface area contributed by atoms with E-state index in [-0.39, 0.29) is 0 Å². The zero-order chi connectivity index (χ0) is 12.5. The molecule has 3 rings (SSSR count). The molecule has 0 heterocycles. The highest BCUT2D eigenvalue weighted by Crippen LogP contribution is 2.27. The van der Waals surface area contributed by atoms with Crippen LogP contribution in [0.25, 0.3) is 0 Å². The molecule has 0 saturated carbocycles. The summed E-state index contributed by atoms with van der Waals surface area (Å²) in [4.78, 5) is 4.64. The van der Waals surface area contributed by atoms with Crippen molar-refractivity contribution in [1.29, 1.82) is 0 Å². The number of fused-ring (bicyclic) bond motifs is 2. The number of hydrogen-bond donors (Lipinski definition) is 0. The topological polar surface area (TPSA) is 12.4 Å². The Morgan fingerprint density at radius 3 is 1.94 bits per heavy atom. The van der Waals surface area contributed by atoms with Crippen molar-refractivity contribution in [2.24, 2.45) is 4.99 Å². The van der Waals surface area contributed by atoms with Gasteiger partial charge in [-0.25, -0.2) is 0 Å². The first-order valence-electron chi connectivity index (χ1n) is 6.16. The fourth-order valence-corrected chi connectivity index (χ4v) is 2.47. The molecule has 0 amide bonds. The third-order valence-electron chi connectivity index (χ3n) is 3.23. The lowest BCUT2D eigenvalue weighted by molar-refractivity contribution is 1.14. The van der Waals surface area contributed by atoms with Gasteiger partial charge in [-0.15, -0.1) is 0 Å². The summed E-state index contributed by atoms with van der Waals surface area (Å²) in [7, 11) is 0. The lowest BCUT2D eigenvalue weighted by Gasteiger charge is -2.21. The van der Waals surface area contributed by atoms with Crippen LogP contribution in [0.15, 0.2) is 65.8 Å². The average molecular weight is 233 g/mol. The van der Waals surface area contributed by atoms with E-state index in [9.17, 15) is 0 Å². The van der Waals surface area contributed by atoms with Crippen molar-refractivity contribution in [3.05, 3.63) is 83.1 Å². The Morgan fingerprint density at radius 2 is 1.44 bits per heavy atom. The van der Waals surface area contributed by atoms with E-state index in [0.717, 1.165) is 17.8 Å². The normalized spacial score (nSPS) is 12.6. The second kappa shape index (κ2) is 4.26. The number of benzene rings is 2. The molecule has 0 bridgehead atoms. The van der Waals surface area contributed by atoms with Gasteiger partial charge in [0.15, 0.2) is 0 Å². The summed E-state index contributed by atoms with van der Waals surface area (Å²) in [6, 6.07) is 17.0. The zero-order valence-corrected chi connectivity index (χ0v) is 10.5. The highest BCUT2D eigenvalue weighted by molar-refractivity contribution is 6.16. The van der Waals surface area contributed by atoms with E-state index < -0.39 is 0 Å². The molecular formula is C17H15N. The van der Waals surface area contributed by atoms with Crippen LogP contribution in [0.5, 0.6) is 0 Å². The number of hydrogen-bond acceptors (Lipinski definition) is 1. The van der Waals surface area contributed by atoms with Crippen LogP contribution < -0.4 is 0 Å². The van der Waals surface area contributed by atoms with E-state index >= 15 is 0 Å². The third kappa shape index (κ3) is 1.78. The highest BCUT2D eigenvalue weighted by Gasteiger charge is 2.20. The fraction of sp³-hybridized carbons (Fsp3) is 0.118. The minimum Gasteiger partial charge on any atom is -0.253 e. The molecule has 1 aliphatic carbocycles.